The van der Waals surface area contributed by atoms with Crippen LogP contribution in [0.5, 0.6) is 0 Å². The summed E-state index contributed by atoms with van der Waals surface area (Å²) in [5, 5.41) is 0. The molecule has 118 valence electrons. The predicted molar refractivity (Wildman–Crippen MR) is 72.4 cm³/mol. The van der Waals surface area contributed by atoms with Gasteiger partial charge in [0.25, 0.3) is 0 Å². The maximum Gasteiger partial charge on any atom is 0.416 e. The summed E-state index contributed by atoms with van der Waals surface area (Å²) in [6.45, 7) is 0.0603. The van der Waals surface area contributed by atoms with Gasteiger partial charge in [-0.25, -0.2) is 0 Å². The van der Waals surface area contributed by atoms with Crippen LogP contribution in [-0.2, 0) is 22.3 Å². The van der Waals surface area contributed by atoms with Gasteiger partial charge in [-0.05, 0) is 11.6 Å². The molecule has 0 saturated heterocycles. The number of amides is 1. The van der Waals surface area contributed by atoms with E-state index in [4.69, 9.17) is 10.5 Å². The number of methoxy groups -OCH3 is 1. The highest BCUT2D eigenvalue weighted by Crippen LogP contribution is 2.32. The van der Waals surface area contributed by atoms with E-state index < -0.39 is 17.8 Å². The molecule has 0 aliphatic rings. The fourth-order valence-corrected chi connectivity index (χ4v) is 1.89. The molecule has 7 heteroatoms. The molecule has 21 heavy (non-hydrogen) atoms. The number of hydrogen-bond acceptors (Lipinski definition) is 3. The zero-order chi connectivity index (χ0) is 16.0. The Morgan fingerprint density at radius 2 is 2.00 bits per heavy atom. The van der Waals surface area contributed by atoms with Gasteiger partial charge < -0.3 is 15.4 Å². The van der Waals surface area contributed by atoms with Crippen molar-refractivity contribution in [2.75, 3.05) is 20.7 Å². The van der Waals surface area contributed by atoms with Crippen molar-refractivity contribution in [2.45, 2.75) is 25.2 Å². The Hall–Kier alpha value is -1.60. The van der Waals surface area contributed by atoms with Gasteiger partial charge in [-0.3, -0.25) is 4.79 Å². The van der Waals surface area contributed by atoms with Crippen LogP contribution < -0.4 is 5.73 Å². The number of alkyl halides is 3. The molecule has 1 aromatic rings. The van der Waals surface area contributed by atoms with Gasteiger partial charge in [0.1, 0.15) is 0 Å². The SMILES string of the molecule is COC(CN)CC(=O)N(C)Cc1ccccc1C(F)(F)F. The summed E-state index contributed by atoms with van der Waals surface area (Å²) in [6.07, 6.45) is -4.83. The van der Waals surface area contributed by atoms with E-state index in [1.54, 1.807) is 0 Å². The first-order valence-corrected chi connectivity index (χ1v) is 6.41. The molecule has 1 rings (SSSR count). The van der Waals surface area contributed by atoms with E-state index in [9.17, 15) is 18.0 Å². The Morgan fingerprint density at radius 3 is 2.52 bits per heavy atom. The quantitative estimate of drug-likeness (QED) is 0.875. The molecule has 0 aromatic heterocycles. The molecule has 0 aliphatic carbocycles. The van der Waals surface area contributed by atoms with Crippen LogP contribution in [0.15, 0.2) is 24.3 Å². The van der Waals surface area contributed by atoms with Crippen molar-refractivity contribution in [3.63, 3.8) is 0 Å². The number of ether oxygens (including phenoxy) is 1. The van der Waals surface area contributed by atoms with Crippen molar-refractivity contribution < 1.29 is 22.7 Å². The minimum atomic E-state index is -4.44. The third kappa shape index (κ3) is 5.02. The van der Waals surface area contributed by atoms with E-state index in [-0.39, 0.29) is 31.0 Å². The summed E-state index contributed by atoms with van der Waals surface area (Å²) in [5.41, 5.74) is 4.75. The van der Waals surface area contributed by atoms with Crippen LogP contribution in [0, 0.1) is 0 Å². The number of halogens is 3. The van der Waals surface area contributed by atoms with Gasteiger partial charge in [-0.15, -0.1) is 0 Å². The van der Waals surface area contributed by atoms with Gasteiger partial charge in [0.05, 0.1) is 18.1 Å². The number of rotatable bonds is 6. The third-order valence-electron chi connectivity index (χ3n) is 3.15. The van der Waals surface area contributed by atoms with Crippen LogP contribution in [0.2, 0.25) is 0 Å². The van der Waals surface area contributed by atoms with Gasteiger partial charge in [0, 0.05) is 27.2 Å². The second kappa shape index (κ2) is 7.42. The number of hydrogen-bond donors (Lipinski definition) is 1. The summed E-state index contributed by atoms with van der Waals surface area (Å²) >= 11 is 0. The highest BCUT2D eigenvalue weighted by molar-refractivity contribution is 5.76. The largest absolute Gasteiger partial charge is 0.416 e. The summed E-state index contributed by atoms with van der Waals surface area (Å²) in [7, 11) is 2.89. The van der Waals surface area contributed by atoms with Crippen molar-refractivity contribution in [3.05, 3.63) is 35.4 Å². The summed E-state index contributed by atoms with van der Waals surface area (Å²) < 4.78 is 43.6. The van der Waals surface area contributed by atoms with Crippen molar-refractivity contribution >= 4 is 5.91 Å². The molecular formula is C14H19F3N2O2. The lowest BCUT2D eigenvalue weighted by Crippen LogP contribution is -2.33. The van der Waals surface area contributed by atoms with Crippen LogP contribution in [0.3, 0.4) is 0 Å². The Morgan fingerprint density at radius 1 is 1.38 bits per heavy atom. The predicted octanol–water partition coefficient (Wildman–Crippen LogP) is 2.03. The Kier molecular flexibility index (Phi) is 6.17. The van der Waals surface area contributed by atoms with Crippen LogP contribution in [0.4, 0.5) is 13.2 Å². The minimum Gasteiger partial charge on any atom is -0.380 e. The summed E-state index contributed by atoms with van der Waals surface area (Å²) in [4.78, 5) is 13.2. The molecule has 0 heterocycles. The van der Waals surface area contributed by atoms with Gasteiger partial charge in [0.15, 0.2) is 0 Å². The van der Waals surface area contributed by atoms with Gasteiger partial charge in [-0.1, -0.05) is 18.2 Å². The molecule has 1 unspecified atom stereocenters. The molecule has 1 aromatic carbocycles. The molecule has 0 spiro atoms. The molecule has 2 N–H and O–H groups in total. The van der Waals surface area contributed by atoms with E-state index >= 15 is 0 Å². The Bertz CT molecular complexity index is 474. The summed E-state index contributed by atoms with van der Waals surface area (Å²) in [5.74, 6) is -0.315. The zero-order valence-corrected chi connectivity index (χ0v) is 12.0. The van der Waals surface area contributed by atoms with Crippen LogP contribution >= 0.6 is 0 Å². The molecule has 0 fully saturated rings. The Balaban J connectivity index is 2.80. The summed E-state index contributed by atoms with van der Waals surface area (Å²) in [6, 6.07) is 5.21. The minimum absolute atomic E-state index is 0.0394. The van der Waals surface area contributed by atoms with Crippen molar-refractivity contribution in [1.29, 1.82) is 0 Å². The zero-order valence-electron chi connectivity index (χ0n) is 12.0. The highest BCUT2D eigenvalue weighted by Gasteiger charge is 2.33. The van der Waals surface area contributed by atoms with Crippen molar-refractivity contribution in [2.24, 2.45) is 5.73 Å². The lowest BCUT2D eigenvalue weighted by atomic mass is 10.1. The second-order valence-corrected chi connectivity index (χ2v) is 4.70. The molecule has 4 nitrogen and oxygen atoms in total. The fourth-order valence-electron chi connectivity index (χ4n) is 1.89. The monoisotopic (exact) mass is 304 g/mol. The lowest BCUT2D eigenvalue weighted by Gasteiger charge is -2.22. The maximum atomic E-state index is 12.9. The molecular weight excluding hydrogens is 285 g/mol. The van der Waals surface area contributed by atoms with Crippen molar-refractivity contribution in [3.8, 4) is 0 Å². The maximum absolute atomic E-state index is 12.9. The fraction of sp³-hybridized carbons (Fsp3) is 0.500. The second-order valence-electron chi connectivity index (χ2n) is 4.70. The van der Waals surface area contributed by atoms with E-state index in [0.717, 1.165) is 6.07 Å². The standard InChI is InChI=1S/C14H19F3N2O2/c1-19(13(20)7-11(8-18)21-2)9-10-5-3-4-6-12(10)14(15,16)17/h3-6,11H,7-9,18H2,1-2H3. The van der Waals surface area contributed by atoms with Crippen LogP contribution in [0.1, 0.15) is 17.5 Å². The number of carbonyl (C=O) groups excluding carboxylic acids is 1. The normalized spacial score (nSPS) is 13.0. The molecule has 0 radical (unpaired) electrons. The smallest absolute Gasteiger partial charge is 0.380 e. The average molecular weight is 304 g/mol. The van der Waals surface area contributed by atoms with E-state index in [0.29, 0.717) is 0 Å². The Labute approximate surface area is 121 Å². The number of benzene rings is 1. The van der Waals surface area contributed by atoms with Gasteiger partial charge >= 0.3 is 6.18 Å². The van der Waals surface area contributed by atoms with E-state index in [2.05, 4.69) is 0 Å². The van der Waals surface area contributed by atoms with Crippen LogP contribution in [0.25, 0.3) is 0 Å². The first-order valence-electron chi connectivity index (χ1n) is 6.41. The first-order chi connectivity index (χ1) is 9.79. The number of nitrogens with zero attached hydrogens (tertiary/aromatic N) is 1. The van der Waals surface area contributed by atoms with E-state index in [1.807, 2.05) is 0 Å². The molecule has 0 saturated carbocycles. The first kappa shape index (κ1) is 17.5. The highest BCUT2D eigenvalue weighted by atomic mass is 19.4. The number of carbonyl (C=O) groups is 1. The van der Waals surface area contributed by atoms with Gasteiger partial charge in [0.2, 0.25) is 5.91 Å². The average Bonchev–Trinajstić information content (AvgIpc) is 2.43. The molecule has 1 atom stereocenters. The molecule has 0 bridgehead atoms. The van der Waals surface area contributed by atoms with Crippen LogP contribution in [-0.4, -0.2) is 37.6 Å². The van der Waals surface area contributed by atoms with Gasteiger partial charge in [-0.2, -0.15) is 13.2 Å². The lowest BCUT2D eigenvalue weighted by molar-refractivity contribution is -0.140. The van der Waals surface area contributed by atoms with E-state index in [1.165, 1.54) is 37.3 Å². The molecule has 1 amide bonds. The number of nitrogens with two attached hydrogens (primary N) is 1. The topological polar surface area (TPSA) is 55.6 Å². The molecule has 0 aliphatic heterocycles. The third-order valence-corrected chi connectivity index (χ3v) is 3.15. The van der Waals surface area contributed by atoms with Crippen molar-refractivity contribution in [1.82, 2.24) is 4.90 Å².